The topological polar surface area (TPSA) is 50.1 Å². The lowest BCUT2D eigenvalue weighted by molar-refractivity contribution is -0.142. The fourth-order valence-electron chi connectivity index (χ4n) is 1.92. The molecule has 4 heteroatoms. The number of rotatable bonds is 5. The molecule has 0 saturated carbocycles. The fourth-order valence-corrected chi connectivity index (χ4v) is 2.45. The molecule has 0 aliphatic rings. The van der Waals surface area contributed by atoms with Crippen molar-refractivity contribution in [3.8, 4) is 6.07 Å². The Bertz CT molecular complexity index is 477. The molecule has 1 rings (SSSR count). The molecule has 96 valence electrons. The molecule has 0 heterocycles. The smallest absolute Gasteiger partial charge is 0.310 e. The first-order chi connectivity index (χ1) is 8.67. The van der Waals surface area contributed by atoms with Crippen LogP contribution >= 0.6 is 15.9 Å². The molecule has 0 aliphatic carbocycles. The normalized spacial score (nSPS) is 9.89. The third-order valence-corrected chi connectivity index (χ3v) is 3.35. The molecule has 0 fully saturated rings. The van der Waals surface area contributed by atoms with E-state index in [-0.39, 0.29) is 12.4 Å². The zero-order valence-electron chi connectivity index (χ0n) is 10.6. The lowest BCUT2D eigenvalue weighted by Crippen LogP contribution is -2.10. The van der Waals surface area contributed by atoms with E-state index < -0.39 is 0 Å². The summed E-state index contributed by atoms with van der Waals surface area (Å²) in [5, 5.41) is 9.99. The molecule has 1 aromatic carbocycles. The molecule has 0 spiro atoms. The maximum atomic E-state index is 11.5. The molecular formula is C14H16BrNO2. The van der Waals surface area contributed by atoms with Crippen LogP contribution in [-0.2, 0) is 27.7 Å². The summed E-state index contributed by atoms with van der Waals surface area (Å²) in [6.45, 7) is 4.14. The van der Waals surface area contributed by atoms with Crippen LogP contribution in [0.2, 0.25) is 0 Å². The third kappa shape index (κ3) is 3.33. The van der Waals surface area contributed by atoms with Gasteiger partial charge in [-0.2, -0.15) is 5.26 Å². The number of nitriles is 1. The third-order valence-electron chi connectivity index (χ3n) is 2.75. The lowest BCUT2D eigenvalue weighted by Gasteiger charge is -2.11. The molecule has 0 amide bonds. The molecule has 0 bridgehead atoms. The second-order valence-corrected chi connectivity index (χ2v) is 4.38. The van der Waals surface area contributed by atoms with Crippen LogP contribution in [0.15, 0.2) is 12.1 Å². The summed E-state index contributed by atoms with van der Waals surface area (Å²) in [5.74, 6) is -0.289. The van der Waals surface area contributed by atoms with Gasteiger partial charge >= 0.3 is 5.97 Å². The monoisotopic (exact) mass is 309 g/mol. The average Bonchev–Trinajstić information content (AvgIpc) is 2.38. The Morgan fingerprint density at radius 3 is 2.56 bits per heavy atom. The van der Waals surface area contributed by atoms with Crippen LogP contribution in [0.5, 0.6) is 0 Å². The van der Waals surface area contributed by atoms with Gasteiger partial charge in [-0.25, -0.2) is 0 Å². The second-order valence-electron chi connectivity index (χ2n) is 3.82. The summed E-state index contributed by atoms with van der Waals surface area (Å²) >= 11 is 3.41. The van der Waals surface area contributed by atoms with Gasteiger partial charge in [0.1, 0.15) is 0 Å². The van der Waals surface area contributed by atoms with Gasteiger partial charge in [0.25, 0.3) is 0 Å². The summed E-state index contributed by atoms with van der Waals surface area (Å²) in [5.41, 5.74) is 3.47. The second kappa shape index (κ2) is 7.17. The van der Waals surface area contributed by atoms with Crippen LogP contribution in [0.4, 0.5) is 0 Å². The Labute approximate surface area is 116 Å². The lowest BCUT2D eigenvalue weighted by atomic mass is 9.94. The number of hydrogen-bond donors (Lipinski definition) is 0. The largest absolute Gasteiger partial charge is 0.466 e. The molecule has 0 atom stereocenters. The van der Waals surface area contributed by atoms with Gasteiger partial charge in [0, 0.05) is 5.33 Å². The molecule has 0 radical (unpaired) electrons. The predicted octanol–water partition coefficient (Wildman–Crippen LogP) is 3.12. The maximum absolute atomic E-state index is 11.5. The number of benzene rings is 1. The molecule has 0 N–H and O–H groups in total. The fraction of sp³-hybridized carbons (Fsp3) is 0.429. The van der Waals surface area contributed by atoms with Crippen LogP contribution in [-0.4, -0.2) is 12.6 Å². The Kier molecular flexibility index (Phi) is 5.87. The summed E-state index contributed by atoms with van der Waals surface area (Å²) < 4.78 is 4.92. The van der Waals surface area contributed by atoms with Crippen LogP contribution < -0.4 is 0 Å². The van der Waals surface area contributed by atoms with Crippen molar-refractivity contribution in [2.24, 2.45) is 0 Å². The summed E-state index contributed by atoms with van der Waals surface area (Å²) in [6.07, 6.45) is 0.937. The number of esters is 1. The number of alkyl halides is 1. The highest BCUT2D eigenvalue weighted by molar-refractivity contribution is 9.08. The van der Waals surface area contributed by atoms with Gasteiger partial charge in [-0.05, 0) is 30.0 Å². The van der Waals surface area contributed by atoms with Crippen molar-refractivity contribution in [2.45, 2.75) is 32.0 Å². The first-order valence-electron chi connectivity index (χ1n) is 5.93. The Morgan fingerprint density at radius 2 is 2.06 bits per heavy atom. The number of hydrogen-bond acceptors (Lipinski definition) is 3. The van der Waals surface area contributed by atoms with Crippen molar-refractivity contribution in [3.63, 3.8) is 0 Å². The SMILES string of the molecule is CCOC(=O)Cc1ccc(CBr)c(CC)c1C#N. The Morgan fingerprint density at radius 1 is 1.39 bits per heavy atom. The summed E-state index contributed by atoms with van der Waals surface area (Å²) in [6, 6.07) is 6.01. The van der Waals surface area contributed by atoms with Crippen LogP contribution in [0.3, 0.4) is 0 Å². The summed E-state index contributed by atoms with van der Waals surface area (Å²) in [7, 11) is 0. The Hall–Kier alpha value is -1.34. The molecular weight excluding hydrogens is 294 g/mol. The van der Waals surface area contributed by atoms with Gasteiger partial charge in [-0.1, -0.05) is 35.0 Å². The maximum Gasteiger partial charge on any atom is 0.310 e. The van der Waals surface area contributed by atoms with Gasteiger partial charge in [0.2, 0.25) is 0 Å². The van der Waals surface area contributed by atoms with Crippen LogP contribution in [0.1, 0.15) is 36.1 Å². The quantitative estimate of drug-likeness (QED) is 0.620. The number of carbonyl (C=O) groups excluding carboxylic acids is 1. The minimum atomic E-state index is -0.289. The minimum Gasteiger partial charge on any atom is -0.466 e. The van der Waals surface area contributed by atoms with E-state index in [1.165, 1.54) is 0 Å². The van der Waals surface area contributed by atoms with Crippen molar-refractivity contribution in [2.75, 3.05) is 6.61 Å². The number of ether oxygens (including phenoxy) is 1. The van der Waals surface area contributed by atoms with E-state index in [0.717, 1.165) is 23.1 Å². The molecule has 0 unspecified atom stereocenters. The first-order valence-corrected chi connectivity index (χ1v) is 7.05. The van der Waals surface area contributed by atoms with E-state index in [1.54, 1.807) is 6.92 Å². The van der Waals surface area contributed by atoms with Crippen molar-refractivity contribution < 1.29 is 9.53 Å². The van der Waals surface area contributed by atoms with Crippen LogP contribution in [0, 0.1) is 11.3 Å². The van der Waals surface area contributed by atoms with E-state index in [4.69, 9.17) is 4.74 Å². The van der Waals surface area contributed by atoms with Crippen molar-refractivity contribution in [3.05, 3.63) is 34.4 Å². The van der Waals surface area contributed by atoms with Crippen molar-refractivity contribution in [1.82, 2.24) is 0 Å². The standard InChI is InChI=1S/C14H16BrNO2/c1-3-12-11(8-15)6-5-10(13(12)9-16)7-14(17)18-4-2/h5-6H,3-4,7-8H2,1-2H3. The predicted molar refractivity (Wildman–Crippen MR) is 73.5 cm³/mol. The highest BCUT2D eigenvalue weighted by atomic mass is 79.9. The first kappa shape index (κ1) is 14.7. The van der Waals surface area contributed by atoms with Crippen molar-refractivity contribution >= 4 is 21.9 Å². The highest BCUT2D eigenvalue weighted by Crippen LogP contribution is 2.22. The molecule has 0 aromatic heterocycles. The van der Waals surface area contributed by atoms with Gasteiger partial charge < -0.3 is 4.74 Å². The molecule has 1 aromatic rings. The number of nitrogens with zero attached hydrogens (tertiary/aromatic N) is 1. The van der Waals surface area contributed by atoms with Gasteiger partial charge in [-0.3, -0.25) is 4.79 Å². The Balaban J connectivity index is 3.14. The molecule has 0 saturated heterocycles. The number of carbonyl (C=O) groups is 1. The van der Waals surface area contributed by atoms with E-state index in [2.05, 4.69) is 22.0 Å². The van der Waals surface area contributed by atoms with Gasteiger partial charge in [0.05, 0.1) is 24.7 Å². The molecule has 3 nitrogen and oxygen atoms in total. The van der Waals surface area contributed by atoms with Crippen molar-refractivity contribution in [1.29, 1.82) is 5.26 Å². The van der Waals surface area contributed by atoms with E-state index >= 15 is 0 Å². The average molecular weight is 310 g/mol. The zero-order valence-corrected chi connectivity index (χ0v) is 12.2. The van der Waals surface area contributed by atoms with E-state index in [9.17, 15) is 10.1 Å². The van der Waals surface area contributed by atoms with Gasteiger partial charge in [-0.15, -0.1) is 0 Å². The summed E-state index contributed by atoms with van der Waals surface area (Å²) in [4.78, 5) is 11.5. The highest BCUT2D eigenvalue weighted by Gasteiger charge is 2.14. The number of halogens is 1. The minimum absolute atomic E-state index is 0.159. The molecule has 0 aliphatic heterocycles. The van der Waals surface area contributed by atoms with Gasteiger partial charge in [0.15, 0.2) is 0 Å². The zero-order chi connectivity index (χ0) is 13.5. The van der Waals surface area contributed by atoms with E-state index in [0.29, 0.717) is 17.5 Å². The molecule has 18 heavy (non-hydrogen) atoms. The van der Waals surface area contributed by atoms with E-state index in [1.807, 2.05) is 19.1 Å². The van der Waals surface area contributed by atoms with Crippen LogP contribution in [0.25, 0.3) is 0 Å².